The van der Waals surface area contributed by atoms with Crippen LogP contribution in [0.25, 0.3) is 11.1 Å². The maximum absolute atomic E-state index is 12.5. The van der Waals surface area contributed by atoms with E-state index in [1.807, 2.05) is 48.5 Å². The van der Waals surface area contributed by atoms with Crippen LogP contribution in [-0.2, 0) is 24.9 Å². The number of amides is 2. The predicted octanol–water partition coefficient (Wildman–Crippen LogP) is 5.40. The number of carboxylic acids is 1. The van der Waals surface area contributed by atoms with Crippen molar-refractivity contribution in [3.05, 3.63) is 77.4 Å². The average Bonchev–Trinajstić information content (AvgIpc) is 3.34. The topological polar surface area (TPSA) is 182 Å². The minimum Gasteiger partial charge on any atom is -0.508 e. The van der Waals surface area contributed by atoms with Crippen LogP contribution in [0.3, 0.4) is 0 Å². The standard InChI is InChI=1S/C34H38N2O9S/c37-21-17-29(38)27(30(39)18-21)20-46-32(41)15-6-5-14-31(40)35-16-8-7-13-28(33(42)43)36-34(44)45-19-26-24-11-3-1-9-22(24)23-10-2-4-12-25(23)26/h1-4,9-12,17-18,26,28,37-39H,5-8,13-16,19-20H2,(H,35,40)(H,36,44)(H,42,43)/t28-/m0/s1. The highest BCUT2D eigenvalue weighted by molar-refractivity contribution is 8.12. The van der Waals surface area contributed by atoms with Crippen LogP contribution in [0.2, 0.25) is 0 Å². The van der Waals surface area contributed by atoms with Gasteiger partial charge >= 0.3 is 12.1 Å². The highest BCUT2D eigenvalue weighted by Crippen LogP contribution is 2.44. The van der Waals surface area contributed by atoms with Gasteiger partial charge in [-0.2, -0.15) is 0 Å². The number of carbonyl (C=O) groups excluding carboxylic acids is 3. The summed E-state index contributed by atoms with van der Waals surface area (Å²) in [5.41, 5.74) is 4.48. The van der Waals surface area contributed by atoms with Crippen LogP contribution in [-0.4, -0.2) is 62.7 Å². The van der Waals surface area contributed by atoms with Gasteiger partial charge in [-0.05, 0) is 54.4 Å². The molecule has 1 atom stereocenters. The van der Waals surface area contributed by atoms with E-state index in [9.17, 15) is 39.6 Å². The first-order valence-electron chi connectivity index (χ1n) is 15.1. The van der Waals surface area contributed by atoms with Crippen molar-refractivity contribution < 1.29 is 44.3 Å². The van der Waals surface area contributed by atoms with Crippen LogP contribution in [0.4, 0.5) is 4.79 Å². The molecule has 6 N–H and O–H groups in total. The minimum atomic E-state index is -1.16. The second-order valence-corrected chi connectivity index (χ2v) is 12.1. The number of rotatable bonds is 16. The molecule has 0 aromatic heterocycles. The number of hydrogen-bond donors (Lipinski definition) is 6. The molecule has 0 bridgehead atoms. The van der Waals surface area contributed by atoms with E-state index in [-0.39, 0.29) is 71.4 Å². The van der Waals surface area contributed by atoms with Crippen molar-refractivity contribution in [3.63, 3.8) is 0 Å². The largest absolute Gasteiger partial charge is 0.508 e. The number of alkyl carbamates (subject to hydrolysis) is 1. The van der Waals surface area contributed by atoms with Crippen molar-refractivity contribution in [2.75, 3.05) is 13.2 Å². The number of carbonyl (C=O) groups is 4. The molecule has 46 heavy (non-hydrogen) atoms. The fourth-order valence-corrected chi connectivity index (χ4v) is 6.27. The maximum Gasteiger partial charge on any atom is 0.407 e. The SMILES string of the molecule is O=C(CCCCC(=O)SCc1c(O)cc(O)cc1O)NCCCC[C@H](NC(=O)OCC1c2ccccc2-c2ccccc21)C(=O)O. The second kappa shape index (κ2) is 16.6. The van der Waals surface area contributed by atoms with E-state index in [1.165, 1.54) is 0 Å². The number of thioether (sulfide) groups is 1. The van der Waals surface area contributed by atoms with Crippen LogP contribution >= 0.6 is 11.8 Å². The molecular formula is C34H38N2O9S. The monoisotopic (exact) mass is 650 g/mol. The number of fused-ring (bicyclic) bond motifs is 3. The predicted molar refractivity (Wildman–Crippen MR) is 173 cm³/mol. The average molecular weight is 651 g/mol. The quantitative estimate of drug-likeness (QED) is 0.110. The molecule has 11 nitrogen and oxygen atoms in total. The number of carboxylic acid groups (broad SMARTS) is 1. The van der Waals surface area contributed by atoms with Crippen LogP contribution in [0, 0.1) is 0 Å². The molecular weight excluding hydrogens is 612 g/mol. The molecule has 0 heterocycles. The van der Waals surface area contributed by atoms with Gasteiger partial charge in [0.25, 0.3) is 0 Å². The second-order valence-electron chi connectivity index (χ2n) is 11.0. The lowest BCUT2D eigenvalue weighted by Gasteiger charge is -2.17. The van der Waals surface area contributed by atoms with Gasteiger partial charge in [0, 0.05) is 48.8 Å². The van der Waals surface area contributed by atoms with Gasteiger partial charge in [0.1, 0.15) is 29.9 Å². The summed E-state index contributed by atoms with van der Waals surface area (Å²) in [4.78, 5) is 48.5. The van der Waals surface area contributed by atoms with Crippen molar-refractivity contribution in [3.8, 4) is 28.4 Å². The highest BCUT2D eigenvalue weighted by atomic mass is 32.2. The molecule has 0 spiro atoms. The number of ether oxygens (including phenoxy) is 1. The summed E-state index contributed by atoms with van der Waals surface area (Å²) in [5.74, 6) is -2.28. The summed E-state index contributed by atoms with van der Waals surface area (Å²) in [5, 5.41) is 43.7. The molecule has 3 aromatic rings. The fourth-order valence-electron chi connectivity index (χ4n) is 5.38. The van der Waals surface area contributed by atoms with Crippen LogP contribution in [0.15, 0.2) is 60.7 Å². The van der Waals surface area contributed by atoms with E-state index in [4.69, 9.17) is 4.74 Å². The summed E-state index contributed by atoms with van der Waals surface area (Å²) in [6.45, 7) is 0.435. The minimum absolute atomic E-state index is 0.0568. The summed E-state index contributed by atoms with van der Waals surface area (Å²) >= 11 is 0.936. The first kappa shape index (κ1) is 34.2. The molecule has 12 heteroatoms. The van der Waals surface area contributed by atoms with Crippen molar-refractivity contribution in [1.29, 1.82) is 0 Å². The summed E-state index contributed by atoms with van der Waals surface area (Å²) < 4.78 is 5.47. The molecule has 244 valence electrons. The third-order valence-corrected chi connectivity index (χ3v) is 8.73. The van der Waals surface area contributed by atoms with E-state index >= 15 is 0 Å². The Hall–Kier alpha value is -4.71. The third-order valence-electron chi connectivity index (χ3n) is 7.78. The van der Waals surface area contributed by atoms with Crippen LogP contribution in [0.5, 0.6) is 17.2 Å². The van der Waals surface area contributed by atoms with Crippen molar-refractivity contribution in [1.82, 2.24) is 10.6 Å². The van der Waals surface area contributed by atoms with Crippen LogP contribution < -0.4 is 10.6 Å². The number of nitrogens with one attached hydrogen (secondary N) is 2. The molecule has 0 radical (unpaired) electrons. The van der Waals surface area contributed by atoms with Crippen molar-refractivity contribution in [2.24, 2.45) is 0 Å². The Morgan fingerprint density at radius 1 is 0.826 bits per heavy atom. The lowest BCUT2D eigenvalue weighted by atomic mass is 9.98. The molecule has 1 aliphatic carbocycles. The zero-order chi connectivity index (χ0) is 33.1. The van der Waals surface area contributed by atoms with Gasteiger partial charge in [0.15, 0.2) is 5.12 Å². The summed E-state index contributed by atoms with van der Waals surface area (Å²) in [6, 6.07) is 16.9. The fraction of sp³-hybridized carbons (Fsp3) is 0.353. The Morgan fingerprint density at radius 2 is 1.43 bits per heavy atom. The Morgan fingerprint density at radius 3 is 2.07 bits per heavy atom. The van der Waals surface area contributed by atoms with Gasteiger partial charge in [-0.3, -0.25) is 9.59 Å². The van der Waals surface area contributed by atoms with Gasteiger partial charge in [0.05, 0.1) is 0 Å². The number of phenols is 3. The van der Waals surface area contributed by atoms with E-state index in [1.54, 1.807) is 0 Å². The van der Waals surface area contributed by atoms with E-state index < -0.39 is 18.1 Å². The summed E-state index contributed by atoms with van der Waals surface area (Å²) in [6.07, 6.45) is 1.81. The highest BCUT2D eigenvalue weighted by Gasteiger charge is 2.29. The molecule has 0 aliphatic heterocycles. The molecule has 3 aromatic carbocycles. The van der Waals surface area contributed by atoms with E-state index in [0.717, 1.165) is 46.1 Å². The lowest BCUT2D eigenvalue weighted by molar-refractivity contribution is -0.139. The van der Waals surface area contributed by atoms with Gasteiger partial charge in [-0.1, -0.05) is 60.3 Å². The maximum atomic E-state index is 12.5. The van der Waals surface area contributed by atoms with Gasteiger partial charge < -0.3 is 35.8 Å². The Balaban J connectivity index is 1.08. The molecule has 4 rings (SSSR count). The zero-order valence-electron chi connectivity index (χ0n) is 25.2. The first-order valence-corrected chi connectivity index (χ1v) is 16.1. The Labute approximate surface area is 271 Å². The normalized spacial score (nSPS) is 12.5. The van der Waals surface area contributed by atoms with E-state index in [2.05, 4.69) is 10.6 Å². The van der Waals surface area contributed by atoms with Crippen molar-refractivity contribution >= 4 is 34.8 Å². The number of phenolic OH excluding ortho intramolecular Hbond substituents is 3. The molecule has 0 saturated carbocycles. The summed E-state index contributed by atoms with van der Waals surface area (Å²) in [7, 11) is 0. The van der Waals surface area contributed by atoms with E-state index in [0.29, 0.717) is 32.2 Å². The van der Waals surface area contributed by atoms with Crippen LogP contribution in [0.1, 0.15) is 67.6 Å². The van der Waals surface area contributed by atoms with Gasteiger partial charge in [-0.25, -0.2) is 9.59 Å². The lowest BCUT2D eigenvalue weighted by Crippen LogP contribution is -2.41. The molecule has 0 saturated heterocycles. The molecule has 1 aliphatic rings. The van der Waals surface area contributed by atoms with Crippen molar-refractivity contribution in [2.45, 2.75) is 62.7 Å². The number of unbranched alkanes of at least 4 members (excludes halogenated alkanes) is 2. The smallest absolute Gasteiger partial charge is 0.407 e. The number of aromatic hydroxyl groups is 3. The molecule has 0 fully saturated rings. The molecule has 0 unspecified atom stereocenters. The Kier molecular flexibility index (Phi) is 12.3. The Bertz CT molecular complexity index is 1490. The van der Waals surface area contributed by atoms with Gasteiger partial charge in [0.2, 0.25) is 5.91 Å². The number of hydrogen-bond acceptors (Lipinski definition) is 9. The van der Waals surface area contributed by atoms with Gasteiger partial charge in [-0.15, -0.1) is 0 Å². The number of aliphatic carboxylic acids is 1. The zero-order valence-corrected chi connectivity index (χ0v) is 26.1. The molecule has 2 amide bonds. The first-order chi connectivity index (χ1) is 22.1. The third kappa shape index (κ3) is 9.40. The number of benzene rings is 3.